The maximum Gasteiger partial charge on any atom is 0.261 e. The van der Waals surface area contributed by atoms with Crippen molar-refractivity contribution in [1.82, 2.24) is 14.9 Å². The van der Waals surface area contributed by atoms with Gasteiger partial charge < -0.3 is 9.88 Å². The van der Waals surface area contributed by atoms with Crippen molar-refractivity contribution in [3.8, 4) is 0 Å². The van der Waals surface area contributed by atoms with E-state index < -0.39 is 0 Å². The average molecular weight is 253 g/mol. The summed E-state index contributed by atoms with van der Waals surface area (Å²) in [7, 11) is 0. The molecule has 0 fully saturated rings. The molecule has 1 N–H and O–H groups in total. The lowest BCUT2D eigenvalue weighted by Crippen LogP contribution is -2.26. The number of hydrogen-bond donors (Lipinski definition) is 2. The van der Waals surface area contributed by atoms with E-state index in [1.54, 1.807) is 18.6 Å². The Kier molecular flexibility index (Phi) is 3.63. The van der Waals surface area contributed by atoms with Crippen molar-refractivity contribution in [1.29, 1.82) is 0 Å². The van der Waals surface area contributed by atoms with E-state index in [2.05, 4.69) is 22.9 Å². The van der Waals surface area contributed by atoms with Crippen LogP contribution in [-0.2, 0) is 6.54 Å². The van der Waals surface area contributed by atoms with E-state index in [1.165, 1.54) is 11.3 Å². The molecule has 0 radical (unpaired) electrons. The number of rotatable bonds is 4. The fourth-order valence-electron chi connectivity index (χ4n) is 1.25. The van der Waals surface area contributed by atoms with Gasteiger partial charge in [0, 0.05) is 35.8 Å². The zero-order valence-corrected chi connectivity index (χ0v) is 10.2. The van der Waals surface area contributed by atoms with Crippen molar-refractivity contribution in [2.24, 2.45) is 0 Å². The number of amides is 1. The van der Waals surface area contributed by atoms with Gasteiger partial charge in [-0.15, -0.1) is 24.0 Å². The largest absolute Gasteiger partial charge is 0.350 e. The molecule has 6 heteroatoms. The Balaban J connectivity index is 1.80. The molecule has 16 heavy (non-hydrogen) atoms. The van der Waals surface area contributed by atoms with Gasteiger partial charge in [0.25, 0.3) is 5.91 Å². The van der Waals surface area contributed by atoms with E-state index in [1.807, 2.05) is 16.1 Å². The Morgan fingerprint density at radius 1 is 1.62 bits per heavy atom. The Labute approximate surface area is 103 Å². The van der Waals surface area contributed by atoms with Gasteiger partial charge in [-0.3, -0.25) is 4.79 Å². The molecule has 84 valence electrons. The Morgan fingerprint density at radius 3 is 3.12 bits per heavy atom. The molecule has 0 bridgehead atoms. The third-order valence-corrected chi connectivity index (χ3v) is 3.39. The van der Waals surface area contributed by atoms with Gasteiger partial charge in [0.15, 0.2) is 0 Å². The van der Waals surface area contributed by atoms with E-state index >= 15 is 0 Å². The highest BCUT2D eigenvalue weighted by Gasteiger charge is 2.06. The van der Waals surface area contributed by atoms with Gasteiger partial charge in [0.05, 0.1) is 11.2 Å². The lowest BCUT2D eigenvalue weighted by molar-refractivity contribution is 0.0956. The summed E-state index contributed by atoms with van der Waals surface area (Å²) in [5.74, 6) is -0.0505. The van der Waals surface area contributed by atoms with Crippen LogP contribution in [0.4, 0.5) is 0 Å². The van der Waals surface area contributed by atoms with E-state index in [9.17, 15) is 4.79 Å². The summed E-state index contributed by atoms with van der Waals surface area (Å²) < 4.78 is 1.92. The maximum atomic E-state index is 11.6. The second kappa shape index (κ2) is 5.18. The van der Waals surface area contributed by atoms with Crippen LogP contribution in [0.25, 0.3) is 0 Å². The number of imidazole rings is 1. The lowest BCUT2D eigenvalue weighted by atomic mass is 10.4. The Hall–Kier alpha value is -1.27. The number of nitrogens with one attached hydrogen (secondary N) is 1. The molecule has 2 heterocycles. The van der Waals surface area contributed by atoms with Crippen LogP contribution in [0.15, 0.2) is 35.1 Å². The van der Waals surface area contributed by atoms with Crippen molar-refractivity contribution in [3.05, 3.63) is 35.0 Å². The van der Waals surface area contributed by atoms with Gasteiger partial charge in [-0.2, -0.15) is 0 Å². The molecular weight excluding hydrogens is 242 g/mol. The molecule has 0 aromatic carbocycles. The Bertz CT molecular complexity index is 464. The normalized spacial score (nSPS) is 10.3. The van der Waals surface area contributed by atoms with E-state index in [-0.39, 0.29) is 5.91 Å². The average Bonchev–Trinajstić information content (AvgIpc) is 2.89. The van der Waals surface area contributed by atoms with Gasteiger partial charge in [0.1, 0.15) is 0 Å². The van der Waals surface area contributed by atoms with Crippen LogP contribution < -0.4 is 5.32 Å². The number of nitrogens with zero attached hydrogens (tertiary/aromatic N) is 2. The summed E-state index contributed by atoms with van der Waals surface area (Å²) in [4.78, 5) is 17.1. The minimum Gasteiger partial charge on any atom is -0.350 e. The van der Waals surface area contributed by atoms with Crippen molar-refractivity contribution >= 4 is 29.9 Å². The molecule has 0 aliphatic rings. The van der Waals surface area contributed by atoms with Crippen LogP contribution in [0.2, 0.25) is 0 Å². The zero-order valence-electron chi connectivity index (χ0n) is 8.46. The molecule has 0 atom stereocenters. The first-order valence-corrected chi connectivity index (χ1v) is 6.10. The number of aromatic nitrogens is 2. The van der Waals surface area contributed by atoms with Crippen molar-refractivity contribution < 1.29 is 4.79 Å². The molecule has 0 saturated carbocycles. The van der Waals surface area contributed by atoms with E-state index in [4.69, 9.17) is 0 Å². The molecule has 1 amide bonds. The van der Waals surface area contributed by atoms with Crippen LogP contribution >= 0.6 is 24.0 Å². The number of carbonyl (C=O) groups is 1. The molecule has 0 saturated heterocycles. The third-order valence-electron chi connectivity index (χ3n) is 2.02. The lowest BCUT2D eigenvalue weighted by Gasteiger charge is -2.03. The minimum absolute atomic E-state index is 0.0505. The summed E-state index contributed by atoms with van der Waals surface area (Å²) in [5, 5.41) is 4.68. The topological polar surface area (TPSA) is 46.9 Å². The Morgan fingerprint density at radius 2 is 2.50 bits per heavy atom. The predicted octanol–water partition coefficient (Wildman–Crippen LogP) is 1.66. The standard InChI is InChI=1S/C10H11N3OS2/c14-10(9-5-8(15)6-16-9)12-2-4-13-3-1-11-7-13/h1,3,5-7,15H,2,4H2,(H,12,14). The fourth-order valence-corrected chi connectivity index (χ4v) is 2.31. The molecule has 0 unspecified atom stereocenters. The van der Waals surface area contributed by atoms with Crippen LogP contribution in [0.1, 0.15) is 9.67 Å². The van der Waals surface area contributed by atoms with Gasteiger partial charge in [-0.05, 0) is 6.07 Å². The highest BCUT2D eigenvalue weighted by Crippen LogP contribution is 2.17. The summed E-state index contributed by atoms with van der Waals surface area (Å²) in [6, 6.07) is 1.76. The molecule has 4 nitrogen and oxygen atoms in total. The monoisotopic (exact) mass is 253 g/mol. The summed E-state index contributed by atoms with van der Waals surface area (Å²) in [6.07, 6.45) is 5.31. The molecule has 0 spiro atoms. The van der Waals surface area contributed by atoms with Crippen LogP contribution in [-0.4, -0.2) is 22.0 Å². The summed E-state index contributed by atoms with van der Waals surface area (Å²) >= 11 is 5.56. The number of thiophene rings is 1. The highest BCUT2D eigenvalue weighted by molar-refractivity contribution is 7.80. The van der Waals surface area contributed by atoms with Gasteiger partial charge in [-0.1, -0.05) is 0 Å². The van der Waals surface area contributed by atoms with Crippen molar-refractivity contribution in [2.45, 2.75) is 11.4 Å². The maximum absolute atomic E-state index is 11.6. The van der Waals surface area contributed by atoms with Crippen LogP contribution in [0.3, 0.4) is 0 Å². The molecule has 2 aromatic rings. The number of hydrogen-bond acceptors (Lipinski definition) is 4. The third kappa shape index (κ3) is 2.86. The first-order chi connectivity index (χ1) is 7.75. The minimum atomic E-state index is -0.0505. The molecule has 2 rings (SSSR count). The van der Waals surface area contributed by atoms with E-state index in [0.717, 1.165) is 11.4 Å². The molecule has 0 aliphatic heterocycles. The van der Waals surface area contributed by atoms with Crippen molar-refractivity contribution in [3.63, 3.8) is 0 Å². The zero-order chi connectivity index (χ0) is 11.4. The molecule has 2 aromatic heterocycles. The molecular formula is C10H11N3OS2. The number of thiol groups is 1. The van der Waals surface area contributed by atoms with Crippen molar-refractivity contribution in [2.75, 3.05) is 6.54 Å². The van der Waals surface area contributed by atoms with Crippen LogP contribution in [0, 0.1) is 0 Å². The predicted molar refractivity (Wildman–Crippen MR) is 66.1 cm³/mol. The van der Waals surface area contributed by atoms with E-state index in [0.29, 0.717) is 11.4 Å². The van der Waals surface area contributed by atoms with Gasteiger partial charge in [-0.25, -0.2) is 4.98 Å². The summed E-state index contributed by atoms with van der Waals surface area (Å²) in [5.41, 5.74) is 0. The van der Waals surface area contributed by atoms with Crippen LogP contribution in [0.5, 0.6) is 0 Å². The fraction of sp³-hybridized carbons (Fsp3) is 0.200. The first kappa shape index (κ1) is 11.2. The quantitative estimate of drug-likeness (QED) is 0.814. The summed E-state index contributed by atoms with van der Waals surface area (Å²) in [6.45, 7) is 1.32. The number of carbonyl (C=O) groups excluding carboxylic acids is 1. The van der Waals surface area contributed by atoms with Gasteiger partial charge in [0.2, 0.25) is 0 Å². The second-order valence-electron chi connectivity index (χ2n) is 3.23. The smallest absolute Gasteiger partial charge is 0.261 e. The second-order valence-corrected chi connectivity index (χ2v) is 4.65. The molecule has 0 aliphatic carbocycles. The SMILES string of the molecule is O=C(NCCn1ccnc1)c1cc(S)cs1. The highest BCUT2D eigenvalue weighted by atomic mass is 32.1. The first-order valence-electron chi connectivity index (χ1n) is 4.77. The van der Waals surface area contributed by atoms with Gasteiger partial charge >= 0.3 is 0 Å².